The molecule has 0 aliphatic carbocycles. The van der Waals surface area contributed by atoms with Crippen molar-refractivity contribution in [3.63, 3.8) is 0 Å². The molecule has 2 aromatic rings. The summed E-state index contributed by atoms with van der Waals surface area (Å²) in [6.07, 6.45) is 1.60. The maximum absolute atomic E-state index is 10.9. The van der Waals surface area contributed by atoms with Crippen molar-refractivity contribution in [3.05, 3.63) is 59.7 Å². The number of anilines is 2. The van der Waals surface area contributed by atoms with Crippen LogP contribution in [0.3, 0.4) is 0 Å². The van der Waals surface area contributed by atoms with Crippen LogP contribution in [0.1, 0.15) is 22.8 Å². The van der Waals surface area contributed by atoms with E-state index in [0.29, 0.717) is 11.4 Å². The summed E-state index contributed by atoms with van der Waals surface area (Å²) >= 11 is 0. The van der Waals surface area contributed by atoms with Gasteiger partial charge in [0.15, 0.2) is 0 Å². The van der Waals surface area contributed by atoms with Crippen LogP contribution in [0, 0.1) is 0 Å². The quantitative estimate of drug-likeness (QED) is 0.584. The van der Waals surface area contributed by atoms with Crippen LogP contribution in [0.2, 0.25) is 0 Å². The molecule has 0 aromatic heterocycles. The third-order valence-electron chi connectivity index (χ3n) is 2.75. The number of carboxylic acid groups (broad SMARTS) is 1. The smallest absolute Gasteiger partial charge is 0.335 e. The fraction of sp³-hybridized carbons (Fsp3) is 0.0625. The van der Waals surface area contributed by atoms with E-state index in [9.17, 15) is 9.59 Å². The number of nitrogens with zero attached hydrogens (tertiary/aromatic N) is 1. The average molecular weight is 297 g/mol. The van der Waals surface area contributed by atoms with Crippen LogP contribution < -0.4 is 10.7 Å². The Labute approximate surface area is 127 Å². The van der Waals surface area contributed by atoms with Gasteiger partial charge in [0.05, 0.1) is 17.5 Å². The highest BCUT2D eigenvalue weighted by Crippen LogP contribution is 2.11. The maximum Gasteiger partial charge on any atom is 0.335 e. The summed E-state index contributed by atoms with van der Waals surface area (Å²) < 4.78 is 0. The second-order valence-electron chi connectivity index (χ2n) is 4.56. The van der Waals surface area contributed by atoms with Crippen molar-refractivity contribution in [1.29, 1.82) is 0 Å². The van der Waals surface area contributed by atoms with Crippen molar-refractivity contribution >= 4 is 29.5 Å². The van der Waals surface area contributed by atoms with E-state index >= 15 is 0 Å². The molecule has 0 aliphatic rings. The van der Waals surface area contributed by atoms with Crippen LogP contribution in [0.25, 0.3) is 0 Å². The van der Waals surface area contributed by atoms with Crippen molar-refractivity contribution in [3.8, 4) is 0 Å². The minimum Gasteiger partial charge on any atom is -0.478 e. The van der Waals surface area contributed by atoms with E-state index in [1.807, 2.05) is 12.1 Å². The molecule has 0 saturated carbocycles. The number of aromatic carboxylic acids is 1. The minimum atomic E-state index is -0.985. The second kappa shape index (κ2) is 7.03. The lowest BCUT2D eigenvalue weighted by atomic mass is 10.2. The normalized spacial score (nSPS) is 10.4. The molecule has 0 heterocycles. The summed E-state index contributed by atoms with van der Waals surface area (Å²) in [5.74, 6) is -1.11. The van der Waals surface area contributed by atoms with Crippen molar-refractivity contribution in [2.45, 2.75) is 6.92 Å². The lowest BCUT2D eigenvalue weighted by Gasteiger charge is -2.03. The van der Waals surface area contributed by atoms with Gasteiger partial charge >= 0.3 is 5.97 Å². The highest BCUT2D eigenvalue weighted by atomic mass is 16.4. The van der Waals surface area contributed by atoms with Gasteiger partial charge in [-0.15, -0.1) is 0 Å². The first-order valence-corrected chi connectivity index (χ1v) is 6.55. The topological polar surface area (TPSA) is 90.8 Å². The van der Waals surface area contributed by atoms with E-state index in [4.69, 9.17) is 5.11 Å². The molecule has 0 saturated heterocycles. The molecule has 0 bridgehead atoms. The fourth-order valence-electron chi connectivity index (χ4n) is 1.76. The molecule has 6 nitrogen and oxygen atoms in total. The van der Waals surface area contributed by atoms with Gasteiger partial charge in [-0.05, 0) is 35.9 Å². The Kier molecular flexibility index (Phi) is 4.87. The standard InChI is InChI=1S/C16H15N3O3/c1-11(20)18-14-7-5-12(6-8-14)10-17-19-15-4-2-3-13(9-15)16(21)22/h2-10,19H,1H3,(H,18,20)(H,21,22)/b17-10+. The van der Waals surface area contributed by atoms with Crippen molar-refractivity contribution < 1.29 is 14.7 Å². The van der Waals surface area contributed by atoms with Gasteiger partial charge in [-0.25, -0.2) is 4.79 Å². The highest BCUT2D eigenvalue weighted by Gasteiger charge is 2.02. The Hall–Kier alpha value is -3.15. The highest BCUT2D eigenvalue weighted by molar-refractivity contribution is 5.90. The van der Waals surface area contributed by atoms with E-state index in [2.05, 4.69) is 15.8 Å². The summed E-state index contributed by atoms with van der Waals surface area (Å²) in [5, 5.41) is 15.6. The number of benzene rings is 2. The number of hydrogen-bond donors (Lipinski definition) is 3. The zero-order valence-corrected chi connectivity index (χ0v) is 11.9. The van der Waals surface area contributed by atoms with Gasteiger partial charge in [-0.1, -0.05) is 18.2 Å². The van der Waals surface area contributed by atoms with Gasteiger partial charge in [-0.2, -0.15) is 5.10 Å². The third-order valence-corrected chi connectivity index (χ3v) is 2.75. The Bertz CT molecular complexity index is 709. The lowest BCUT2D eigenvalue weighted by Crippen LogP contribution is -2.05. The number of hydrogen-bond acceptors (Lipinski definition) is 4. The number of amides is 1. The van der Waals surface area contributed by atoms with E-state index < -0.39 is 5.97 Å². The van der Waals surface area contributed by atoms with Gasteiger partial charge in [-0.3, -0.25) is 10.2 Å². The number of rotatable bonds is 5. The summed E-state index contributed by atoms with van der Waals surface area (Å²) in [4.78, 5) is 21.8. The van der Waals surface area contributed by atoms with E-state index in [1.54, 1.807) is 30.5 Å². The summed E-state index contributed by atoms with van der Waals surface area (Å²) in [7, 11) is 0. The first-order valence-electron chi connectivity index (χ1n) is 6.55. The number of nitrogens with one attached hydrogen (secondary N) is 2. The van der Waals surface area contributed by atoms with Crippen LogP contribution in [0.15, 0.2) is 53.6 Å². The molecule has 0 fully saturated rings. The Morgan fingerprint density at radius 3 is 2.45 bits per heavy atom. The van der Waals surface area contributed by atoms with E-state index in [-0.39, 0.29) is 11.5 Å². The van der Waals surface area contributed by atoms with Crippen molar-refractivity contribution in [1.82, 2.24) is 0 Å². The second-order valence-corrected chi connectivity index (χ2v) is 4.56. The van der Waals surface area contributed by atoms with Gasteiger partial charge in [0.1, 0.15) is 0 Å². The monoisotopic (exact) mass is 297 g/mol. The molecule has 0 unspecified atom stereocenters. The van der Waals surface area contributed by atoms with Crippen LogP contribution in [0.4, 0.5) is 11.4 Å². The fourth-order valence-corrected chi connectivity index (χ4v) is 1.76. The van der Waals surface area contributed by atoms with Crippen LogP contribution >= 0.6 is 0 Å². The zero-order valence-electron chi connectivity index (χ0n) is 11.9. The number of hydrazone groups is 1. The molecule has 3 N–H and O–H groups in total. The van der Waals surface area contributed by atoms with Gasteiger partial charge < -0.3 is 10.4 Å². The zero-order chi connectivity index (χ0) is 15.9. The first kappa shape index (κ1) is 15.2. The maximum atomic E-state index is 10.9. The number of carboxylic acids is 1. The van der Waals surface area contributed by atoms with Gasteiger partial charge in [0, 0.05) is 12.6 Å². The third kappa shape index (κ3) is 4.45. The molecular weight excluding hydrogens is 282 g/mol. The Morgan fingerprint density at radius 1 is 1.09 bits per heavy atom. The molecule has 22 heavy (non-hydrogen) atoms. The molecule has 0 aliphatic heterocycles. The molecule has 1 amide bonds. The van der Waals surface area contributed by atoms with Gasteiger partial charge in [0.2, 0.25) is 5.91 Å². The molecule has 0 atom stereocenters. The summed E-state index contributed by atoms with van der Waals surface area (Å²) in [6.45, 7) is 1.45. The molecule has 2 aromatic carbocycles. The SMILES string of the molecule is CC(=O)Nc1ccc(/C=N/Nc2cccc(C(=O)O)c2)cc1. The summed E-state index contributed by atoms with van der Waals surface area (Å²) in [6, 6.07) is 13.5. The lowest BCUT2D eigenvalue weighted by molar-refractivity contribution is -0.114. The predicted octanol–water partition coefficient (Wildman–Crippen LogP) is 2.79. The molecule has 0 radical (unpaired) electrons. The molecule has 112 valence electrons. The minimum absolute atomic E-state index is 0.124. The predicted molar refractivity (Wildman–Crippen MR) is 85.4 cm³/mol. The van der Waals surface area contributed by atoms with Crippen molar-refractivity contribution in [2.24, 2.45) is 5.10 Å². The average Bonchev–Trinajstić information content (AvgIpc) is 2.49. The Balaban J connectivity index is 1.99. The van der Waals surface area contributed by atoms with Crippen molar-refractivity contribution in [2.75, 3.05) is 10.7 Å². The number of carbonyl (C=O) groups is 2. The van der Waals surface area contributed by atoms with E-state index in [0.717, 1.165) is 5.56 Å². The molecular formula is C16H15N3O3. The Morgan fingerprint density at radius 2 is 1.82 bits per heavy atom. The largest absolute Gasteiger partial charge is 0.478 e. The van der Waals surface area contributed by atoms with Gasteiger partial charge in [0.25, 0.3) is 0 Å². The summed E-state index contributed by atoms with van der Waals surface area (Å²) in [5.41, 5.74) is 5.11. The number of carbonyl (C=O) groups excluding carboxylic acids is 1. The first-order chi connectivity index (χ1) is 10.5. The molecule has 6 heteroatoms. The van der Waals surface area contributed by atoms with E-state index in [1.165, 1.54) is 19.1 Å². The van der Waals surface area contributed by atoms with Crippen LogP contribution in [0.5, 0.6) is 0 Å². The van der Waals surface area contributed by atoms with Crippen LogP contribution in [-0.4, -0.2) is 23.2 Å². The molecule has 0 spiro atoms. The van der Waals surface area contributed by atoms with Crippen LogP contribution in [-0.2, 0) is 4.79 Å². The molecule has 2 rings (SSSR count).